The number of carbonyl (C=O) groups excluding carboxylic acids is 2. The molecular weight excluding hydrogens is 352 g/mol. The van der Waals surface area contributed by atoms with Crippen molar-refractivity contribution in [1.29, 1.82) is 0 Å². The Kier molecular flexibility index (Phi) is 6.05. The Morgan fingerprint density at radius 3 is 2.62 bits per heavy atom. The van der Waals surface area contributed by atoms with Gasteiger partial charge in [-0.2, -0.15) is 5.10 Å². The summed E-state index contributed by atoms with van der Waals surface area (Å²) < 4.78 is 1.76. The van der Waals surface area contributed by atoms with Gasteiger partial charge in [0.2, 0.25) is 16.9 Å². The molecular formula is C17H18N6O2S. The Hall–Kier alpha value is -3.07. The monoisotopic (exact) mass is 370 g/mol. The molecule has 2 heterocycles. The third-order valence-corrected chi connectivity index (χ3v) is 4.26. The lowest BCUT2D eigenvalue weighted by Gasteiger charge is -2.19. The van der Waals surface area contributed by atoms with E-state index in [-0.39, 0.29) is 30.7 Å². The fraction of sp³-hybridized carbons (Fsp3) is 0.235. The van der Waals surface area contributed by atoms with E-state index in [2.05, 4.69) is 25.9 Å². The summed E-state index contributed by atoms with van der Waals surface area (Å²) in [5, 5.41) is 17.6. The third-order valence-electron chi connectivity index (χ3n) is 3.65. The van der Waals surface area contributed by atoms with Gasteiger partial charge < -0.3 is 10.6 Å². The second-order valence-electron chi connectivity index (χ2n) is 5.55. The van der Waals surface area contributed by atoms with E-state index in [1.165, 1.54) is 16.8 Å². The molecule has 3 aromatic rings. The number of benzene rings is 1. The number of rotatable bonds is 8. The number of anilines is 1. The molecule has 0 bridgehead atoms. The average molecular weight is 370 g/mol. The first-order valence-electron chi connectivity index (χ1n) is 8.08. The van der Waals surface area contributed by atoms with E-state index in [1.54, 1.807) is 10.9 Å². The van der Waals surface area contributed by atoms with Crippen molar-refractivity contribution < 1.29 is 9.59 Å². The topological polar surface area (TPSA) is 102 Å². The molecule has 3 rings (SSSR count). The fourth-order valence-corrected chi connectivity index (χ4v) is 2.88. The highest BCUT2D eigenvalue weighted by atomic mass is 32.1. The van der Waals surface area contributed by atoms with Crippen LogP contribution in [-0.4, -0.2) is 31.8 Å². The number of amides is 2. The summed E-state index contributed by atoms with van der Waals surface area (Å²) in [6, 6.07) is 11.3. The molecule has 1 atom stereocenters. The van der Waals surface area contributed by atoms with Crippen LogP contribution in [0.5, 0.6) is 0 Å². The average Bonchev–Trinajstić information content (AvgIpc) is 3.34. The molecule has 0 saturated heterocycles. The molecule has 9 heteroatoms. The van der Waals surface area contributed by atoms with Crippen LogP contribution in [0.3, 0.4) is 0 Å². The summed E-state index contributed by atoms with van der Waals surface area (Å²) in [6.07, 6.45) is 3.71. The Labute approximate surface area is 154 Å². The molecule has 0 unspecified atom stereocenters. The van der Waals surface area contributed by atoms with E-state index in [4.69, 9.17) is 0 Å². The number of carbonyl (C=O) groups is 2. The SMILES string of the molecule is O=C(CCC(=O)N[C@@H](Cn1cccn1)c1ccccc1)Nc1nncs1. The van der Waals surface area contributed by atoms with Crippen molar-refractivity contribution in [1.82, 2.24) is 25.3 Å². The van der Waals surface area contributed by atoms with Gasteiger partial charge in [0.15, 0.2) is 0 Å². The third kappa shape index (κ3) is 5.21. The molecule has 0 radical (unpaired) electrons. The Morgan fingerprint density at radius 1 is 1.12 bits per heavy atom. The molecule has 2 amide bonds. The van der Waals surface area contributed by atoms with Crippen LogP contribution in [0, 0.1) is 0 Å². The van der Waals surface area contributed by atoms with E-state index in [9.17, 15) is 9.59 Å². The lowest BCUT2D eigenvalue weighted by Crippen LogP contribution is -2.32. The van der Waals surface area contributed by atoms with Gasteiger partial charge >= 0.3 is 0 Å². The molecule has 0 saturated carbocycles. The molecule has 1 aromatic carbocycles. The first-order chi connectivity index (χ1) is 12.7. The molecule has 0 fully saturated rings. The summed E-state index contributed by atoms with van der Waals surface area (Å²) >= 11 is 1.23. The zero-order chi connectivity index (χ0) is 18.2. The van der Waals surface area contributed by atoms with Gasteiger partial charge in [0, 0.05) is 25.2 Å². The van der Waals surface area contributed by atoms with E-state index < -0.39 is 0 Å². The Balaban J connectivity index is 1.55. The quantitative estimate of drug-likeness (QED) is 0.631. The first kappa shape index (κ1) is 17.7. The molecule has 0 aliphatic rings. The van der Waals surface area contributed by atoms with Crippen molar-refractivity contribution in [3.05, 3.63) is 59.9 Å². The van der Waals surface area contributed by atoms with Gasteiger partial charge in [-0.3, -0.25) is 14.3 Å². The van der Waals surface area contributed by atoms with Crippen LogP contribution in [0.25, 0.3) is 0 Å². The first-order valence-corrected chi connectivity index (χ1v) is 8.96. The van der Waals surface area contributed by atoms with Crippen molar-refractivity contribution in [2.24, 2.45) is 0 Å². The van der Waals surface area contributed by atoms with Gasteiger partial charge in [-0.05, 0) is 11.6 Å². The van der Waals surface area contributed by atoms with Crippen LogP contribution in [-0.2, 0) is 16.1 Å². The van der Waals surface area contributed by atoms with Gasteiger partial charge in [0.1, 0.15) is 5.51 Å². The van der Waals surface area contributed by atoms with Gasteiger partial charge in [-0.15, -0.1) is 10.2 Å². The summed E-state index contributed by atoms with van der Waals surface area (Å²) in [4.78, 5) is 24.2. The standard InChI is InChI=1S/C17H18N6O2S/c24-15(7-8-16(25)21-17-22-18-12-26-17)20-14(11-23-10-4-9-19-23)13-5-2-1-3-6-13/h1-6,9-10,12,14H,7-8,11H2,(H,20,24)(H,21,22,25)/t14-/m0/s1. The molecule has 0 aliphatic heterocycles. The summed E-state index contributed by atoms with van der Waals surface area (Å²) in [7, 11) is 0. The molecule has 0 spiro atoms. The molecule has 134 valence electrons. The number of hydrogen-bond donors (Lipinski definition) is 2. The zero-order valence-electron chi connectivity index (χ0n) is 13.9. The Bertz CT molecular complexity index is 820. The van der Waals surface area contributed by atoms with Crippen LogP contribution in [0.2, 0.25) is 0 Å². The number of hydrogen-bond acceptors (Lipinski definition) is 6. The van der Waals surface area contributed by atoms with E-state index in [1.807, 2.05) is 42.6 Å². The number of aromatic nitrogens is 4. The maximum Gasteiger partial charge on any atom is 0.226 e. The highest BCUT2D eigenvalue weighted by Crippen LogP contribution is 2.15. The van der Waals surface area contributed by atoms with Crippen LogP contribution in [0.4, 0.5) is 5.13 Å². The van der Waals surface area contributed by atoms with Gasteiger partial charge in [-0.25, -0.2) is 0 Å². The predicted molar refractivity (Wildman–Crippen MR) is 97.3 cm³/mol. The highest BCUT2D eigenvalue weighted by Gasteiger charge is 2.16. The summed E-state index contributed by atoms with van der Waals surface area (Å²) in [5.41, 5.74) is 2.51. The molecule has 8 nitrogen and oxygen atoms in total. The van der Waals surface area contributed by atoms with E-state index in [0.29, 0.717) is 11.7 Å². The van der Waals surface area contributed by atoms with Crippen molar-refractivity contribution in [3.63, 3.8) is 0 Å². The van der Waals surface area contributed by atoms with Crippen molar-refractivity contribution >= 4 is 28.3 Å². The van der Waals surface area contributed by atoms with E-state index in [0.717, 1.165) is 5.56 Å². The molecule has 2 aromatic heterocycles. The maximum absolute atomic E-state index is 12.3. The number of nitrogens with zero attached hydrogens (tertiary/aromatic N) is 4. The minimum atomic E-state index is -0.264. The van der Waals surface area contributed by atoms with E-state index >= 15 is 0 Å². The Morgan fingerprint density at radius 2 is 1.92 bits per heavy atom. The van der Waals surface area contributed by atoms with Gasteiger partial charge in [-0.1, -0.05) is 41.7 Å². The normalized spacial score (nSPS) is 11.7. The molecule has 0 aliphatic carbocycles. The summed E-state index contributed by atoms with van der Waals surface area (Å²) in [5.74, 6) is -0.460. The fourth-order valence-electron chi connectivity index (χ4n) is 2.42. The smallest absolute Gasteiger partial charge is 0.226 e. The number of nitrogens with one attached hydrogen (secondary N) is 2. The zero-order valence-corrected chi connectivity index (χ0v) is 14.7. The van der Waals surface area contributed by atoms with Crippen LogP contribution in [0.15, 0.2) is 54.3 Å². The lowest BCUT2D eigenvalue weighted by molar-refractivity contribution is -0.125. The molecule has 26 heavy (non-hydrogen) atoms. The maximum atomic E-state index is 12.3. The summed E-state index contributed by atoms with van der Waals surface area (Å²) in [6.45, 7) is 0.514. The van der Waals surface area contributed by atoms with Gasteiger partial charge in [0.05, 0.1) is 12.6 Å². The second kappa shape index (κ2) is 8.86. The van der Waals surface area contributed by atoms with Crippen LogP contribution < -0.4 is 10.6 Å². The van der Waals surface area contributed by atoms with Crippen molar-refractivity contribution in [2.45, 2.75) is 25.4 Å². The lowest BCUT2D eigenvalue weighted by atomic mass is 10.1. The predicted octanol–water partition coefficient (Wildman–Crippen LogP) is 2.01. The van der Waals surface area contributed by atoms with Crippen LogP contribution >= 0.6 is 11.3 Å². The largest absolute Gasteiger partial charge is 0.347 e. The molecule has 2 N–H and O–H groups in total. The van der Waals surface area contributed by atoms with Crippen molar-refractivity contribution in [3.8, 4) is 0 Å². The minimum Gasteiger partial charge on any atom is -0.347 e. The second-order valence-corrected chi connectivity index (χ2v) is 6.38. The highest BCUT2D eigenvalue weighted by molar-refractivity contribution is 7.13. The minimum absolute atomic E-state index is 0.0781. The van der Waals surface area contributed by atoms with Gasteiger partial charge in [0.25, 0.3) is 0 Å². The van der Waals surface area contributed by atoms with Crippen molar-refractivity contribution in [2.75, 3.05) is 5.32 Å². The van der Waals surface area contributed by atoms with Crippen LogP contribution in [0.1, 0.15) is 24.4 Å².